The molecule has 0 aliphatic heterocycles. The topological polar surface area (TPSA) is 0 Å². The van der Waals surface area contributed by atoms with Crippen LogP contribution in [-0.4, -0.2) is 0 Å². The van der Waals surface area contributed by atoms with E-state index in [2.05, 4.69) is 75.9 Å². The summed E-state index contributed by atoms with van der Waals surface area (Å²) in [6.45, 7) is 24.6. The number of benzene rings is 3. The molecule has 0 aliphatic carbocycles. The van der Waals surface area contributed by atoms with Gasteiger partial charge in [0, 0.05) is 22.0 Å². The molecule has 0 bridgehead atoms. The molecule has 3 aromatic carbocycles. The van der Waals surface area contributed by atoms with Crippen molar-refractivity contribution in [3.05, 3.63) is 127 Å². The first kappa shape index (κ1) is 23.4. The van der Waals surface area contributed by atoms with Crippen molar-refractivity contribution in [3.63, 3.8) is 0 Å². The average molecular weight is 451 g/mol. The quantitative estimate of drug-likeness (QED) is 0.308. The Morgan fingerprint density at radius 3 is 0.781 bits per heavy atom. The van der Waals surface area contributed by atoms with Gasteiger partial charge in [0.25, 0.3) is 0 Å². The Bertz CT molecular complexity index is 1070. The van der Waals surface area contributed by atoms with E-state index in [4.69, 9.17) is 11.8 Å². The Balaban J connectivity index is 2.74. The third-order valence-corrected chi connectivity index (χ3v) is 10.6. The molecule has 0 atom stereocenters. The van der Waals surface area contributed by atoms with E-state index in [-0.39, 0.29) is 0 Å². The normalized spacial score (nSPS) is 10.8. The van der Waals surface area contributed by atoms with Crippen LogP contribution in [0.2, 0.25) is 0 Å². The summed E-state index contributed by atoms with van der Waals surface area (Å²) in [5, 5.41) is 3.15. The second-order valence-electron chi connectivity index (χ2n) is 7.19. The molecule has 0 saturated heterocycles. The number of hydrogen-bond acceptors (Lipinski definition) is 1. The molecule has 0 amide bonds. The highest BCUT2D eigenvalue weighted by molar-refractivity contribution is 8.25. The zero-order valence-corrected chi connectivity index (χ0v) is 20.0. The summed E-state index contributed by atoms with van der Waals surface area (Å²) in [5.41, 5.74) is 5.96. The molecule has 2 heteroatoms. The van der Waals surface area contributed by atoms with E-state index < -0.39 is 6.04 Å². The van der Waals surface area contributed by atoms with Gasteiger partial charge in [-0.1, -0.05) is 142 Å². The highest BCUT2D eigenvalue weighted by Crippen LogP contribution is 2.49. The summed E-state index contributed by atoms with van der Waals surface area (Å²) < 4.78 is 0. The van der Waals surface area contributed by atoms with E-state index in [9.17, 15) is 0 Å². The molecule has 0 fully saturated rings. The second-order valence-corrected chi connectivity index (χ2v) is 11.4. The predicted octanol–water partition coefficient (Wildman–Crippen LogP) is 7.30. The van der Waals surface area contributed by atoms with Gasteiger partial charge in [0.15, 0.2) is 0 Å². The standard InChI is InChI=1S/C30H27PS/c1-7-22-16-13-17-23(8-2)28(22)31(32,29-24(9-3)18-14-19-25(29)10-4)30-26(11-5)20-15-21-27(30)12-6/h7-21H,1-6H2. The van der Waals surface area contributed by atoms with Crippen molar-refractivity contribution < 1.29 is 0 Å². The summed E-state index contributed by atoms with van der Waals surface area (Å²) >= 11 is 6.85. The van der Waals surface area contributed by atoms with Crippen LogP contribution in [0.3, 0.4) is 0 Å². The largest absolute Gasteiger partial charge is 0.0984 e. The van der Waals surface area contributed by atoms with Crippen molar-refractivity contribution in [1.29, 1.82) is 0 Å². The lowest BCUT2D eigenvalue weighted by atomic mass is 10.1. The summed E-state index contributed by atoms with van der Waals surface area (Å²) in [6, 6.07) is 15.7. The van der Waals surface area contributed by atoms with E-state index in [1.165, 1.54) is 0 Å². The Morgan fingerprint density at radius 1 is 0.438 bits per heavy atom. The summed E-state index contributed by atoms with van der Waals surface area (Å²) in [6.07, 6.45) is 11.2. The first-order chi connectivity index (χ1) is 15.5. The van der Waals surface area contributed by atoms with Crippen LogP contribution in [0.15, 0.2) is 94.1 Å². The zero-order valence-electron chi connectivity index (χ0n) is 18.3. The van der Waals surface area contributed by atoms with Crippen molar-refractivity contribution in [1.82, 2.24) is 0 Å². The third-order valence-electron chi connectivity index (χ3n) is 5.56. The van der Waals surface area contributed by atoms with Crippen molar-refractivity contribution in [2.45, 2.75) is 0 Å². The van der Waals surface area contributed by atoms with Gasteiger partial charge in [0.1, 0.15) is 0 Å². The Kier molecular flexibility index (Phi) is 7.26. The minimum atomic E-state index is -2.70. The van der Waals surface area contributed by atoms with Gasteiger partial charge in [-0.3, -0.25) is 0 Å². The Hall–Kier alpha value is -3.25. The van der Waals surface area contributed by atoms with E-state index in [1.54, 1.807) is 0 Å². The van der Waals surface area contributed by atoms with Crippen LogP contribution in [-0.2, 0) is 11.8 Å². The summed E-state index contributed by atoms with van der Waals surface area (Å²) in [5.74, 6) is 0. The summed E-state index contributed by atoms with van der Waals surface area (Å²) in [4.78, 5) is 0. The second kappa shape index (κ2) is 9.92. The summed E-state index contributed by atoms with van der Waals surface area (Å²) in [7, 11) is 0. The van der Waals surface area contributed by atoms with Gasteiger partial charge in [-0.05, 0) is 33.4 Å². The smallest absolute Gasteiger partial charge is 0.0414 e. The van der Waals surface area contributed by atoms with Gasteiger partial charge >= 0.3 is 0 Å². The van der Waals surface area contributed by atoms with Crippen LogP contribution in [0.1, 0.15) is 33.4 Å². The van der Waals surface area contributed by atoms with Crippen molar-refractivity contribution in [2.75, 3.05) is 0 Å². The van der Waals surface area contributed by atoms with Gasteiger partial charge in [-0.2, -0.15) is 0 Å². The van der Waals surface area contributed by atoms with Crippen LogP contribution >= 0.6 is 6.04 Å². The fraction of sp³-hybridized carbons (Fsp3) is 0. The van der Waals surface area contributed by atoms with E-state index in [0.29, 0.717) is 0 Å². The lowest BCUT2D eigenvalue weighted by Gasteiger charge is -2.32. The van der Waals surface area contributed by atoms with Crippen molar-refractivity contribution in [2.24, 2.45) is 0 Å². The molecule has 0 spiro atoms. The maximum absolute atomic E-state index is 6.85. The van der Waals surface area contributed by atoms with Crippen LogP contribution in [0.5, 0.6) is 0 Å². The molecule has 32 heavy (non-hydrogen) atoms. The van der Waals surface area contributed by atoms with Gasteiger partial charge in [-0.15, -0.1) is 0 Å². The minimum Gasteiger partial charge on any atom is -0.0984 e. The number of hydrogen-bond donors (Lipinski definition) is 0. The minimum absolute atomic E-state index is 0.994. The lowest BCUT2D eigenvalue weighted by Crippen LogP contribution is -2.33. The zero-order chi connectivity index (χ0) is 23.3. The Morgan fingerprint density at radius 2 is 0.625 bits per heavy atom. The lowest BCUT2D eigenvalue weighted by molar-refractivity contribution is 1.64. The molecule has 3 rings (SSSR count). The van der Waals surface area contributed by atoms with Crippen LogP contribution in [0.25, 0.3) is 36.5 Å². The molecule has 0 heterocycles. The average Bonchev–Trinajstić information content (AvgIpc) is 2.86. The molecule has 0 nitrogen and oxygen atoms in total. The van der Waals surface area contributed by atoms with E-state index >= 15 is 0 Å². The van der Waals surface area contributed by atoms with Gasteiger partial charge in [0.2, 0.25) is 0 Å². The predicted molar refractivity (Wildman–Crippen MR) is 153 cm³/mol. The van der Waals surface area contributed by atoms with Gasteiger partial charge < -0.3 is 0 Å². The molecule has 0 N–H and O–H groups in total. The molecule has 158 valence electrons. The molecule has 0 radical (unpaired) electrons. The fourth-order valence-electron chi connectivity index (χ4n) is 4.15. The van der Waals surface area contributed by atoms with Crippen LogP contribution in [0.4, 0.5) is 0 Å². The highest BCUT2D eigenvalue weighted by atomic mass is 32.4. The van der Waals surface area contributed by atoms with Crippen molar-refractivity contribution >= 4 is 70.2 Å². The van der Waals surface area contributed by atoms with E-state index in [0.717, 1.165) is 49.3 Å². The molecule has 0 aromatic heterocycles. The van der Waals surface area contributed by atoms with Gasteiger partial charge in [-0.25, -0.2) is 0 Å². The maximum Gasteiger partial charge on any atom is 0.0414 e. The van der Waals surface area contributed by atoms with Crippen LogP contribution in [0, 0.1) is 0 Å². The SMILES string of the molecule is C=Cc1cccc(C=C)c1P(=S)(c1c(C=C)cccc1C=C)c1c(C=C)cccc1C=C. The van der Waals surface area contributed by atoms with E-state index in [1.807, 2.05) is 54.7 Å². The van der Waals surface area contributed by atoms with Crippen LogP contribution < -0.4 is 15.9 Å². The molecular formula is C30H27PS. The first-order valence-corrected chi connectivity index (χ1v) is 13.1. The fourth-order valence-corrected chi connectivity index (χ4v) is 9.90. The molecule has 3 aromatic rings. The first-order valence-electron chi connectivity index (χ1n) is 10.3. The third kappa shape index (κ3) is 3.75. The highest BCUT2D eigenvalue weighted by Gasteiger charge is 2.34. The maximum atomic E-state index is 6.85. The van der Waals surface area contributed by atoms with Gasteiger partial charge in [0.05, 0.1) is 0 Å². The Labute approximate surface area is 197 Å². The molecule has 0 saturated carbocycles. The number of rotatable bonds is 9. The monoisotopic (exact) mass is 450 g/mol. The molecular weight excluding hydrogens is 423 g/mol. The molecule has 0 aliphatic rings. The van der Waals surface area contributed by atoms with Crippen molar-refractivity contribution in [3.8, 4) is 0 Å². The molecule has 0 unspecified atom stereocenters.